The molecule has 0 spiro atoms. The van der Waals surface area contributed by atoms with Crippen LogP contribution < -0.4 is 0 Å². The maximum Gasteiger partial charge on any atom is 0.254 e. The highest BCUT2D eigenvalue weighted by Crippen LogP contribution is 2.33. The van der Waals surface area contributed by atoms with E-state index < -0.39 is 15.7 Å². The van der Waals surface area contributed by atoms with Gasteiger partial charge in [-0.15, -0.1) is 0 Å². The molecular formula is C14H16FNO3S. The predicted molar refractivity (Wildman–Crippen MR) is 72.7 cm³/mol. The van der Waals surface area contributed by atoms with Gasteiger partial charge in [0.05, 0.1) is 11.5 Å². The minimum absolute atomic E-state index is 0.0323. The number of rotatable bonds is 3. The number of sulfone groups is 1. The SMILES string of the molecule is O=C(c1cccc(F)c1)N(C1CC1)C1CCS(=O)(=O)C1. The number of nitrogens with zero attached hydrogens (tertiary/aromatic N) is 1. The summed E-state index contributed by atoms with van der Waals surface area (Å²) in [6.07, 6.45) is 2.29. The van der Waals surface area contributed by atoms with Gasteiger partial charge in [-0.1, -0.05) is 6.07 Å². The summed E-state index contributed by atoms with van der Waals surface area (Å²) in [4.78, 5) is 14.2. The summed E-state index contributed by atoms with van der Waals surface area (Å²) < 4.78 is 36.4. The Hall–Kier alpha value is -1.43. The number of hydrogen-bond donors (Lipinski definition) is 0. The van der Waals surface area contributed by atoms with Gasteiger partial charge in [-0.25, -0.2) is 12.8 Å². The van der Waals surface area contributed by atoms with Crippen molar-refractivity contribution in [2.75, 3.05) is 11.5 Å². The minimum atomic E-state index is -3.04. The van der Waals surface area contributed by atoms with Gasteiger partial charge in [-0.05, 0) is 37.5 Å². The lowest BCUT2D eigenvalue weighted by Crippen LogP contribution is -2.42. The van der Waals surface area contributed by atoms with Crippen LogP contribution in [0.2, 0.25) is 0 Å². The van der Waals surface area contributed by atoms with Gasteiger partial charge in [0.25, 0.3) is 5.91 Å². The molecule has 0 radical (unpaired) electrons. The Kier molecular flexibility index (Phi) is 3.28. The summed E-state index contributed by atoms with van der Waals surface area (Å²) >= 11 is 0. The zero-order valence-electron chi connectivity index (χ0n) is 11.0. The Morgan fingerprint density at radius 1 is 1.20 bits per heavy atom. The Balaban J connectivity index is 1.86. The molecule has 4 nitrogen and oxygen atoms in total. The lowest BCUT2D eigenvalue weighted by Gasteiger charge is -2.28. The number of amides is 1. The summed E-state index contributed by atoms with van der Waals surface area (Å²) in [6.45, 7) is 0. The first-order chi connectivity index (χ1) is 9.46. The fourth-order valence-corrected chi connectivity index (χ4v) is 4.46. The summed E-state index contributed by atoms with van der Waals surface area (Å²) in [6, 6.07) is 5.43. The van der Waals surface area contributed by atoms with Crippen LogP contribution in [-0.4, -0.2) is 42.8 Å². The van der Waals surface area contributed by atoms with E-state index in [0.29, 0.717) is 12.0 Å². The van der Waals surface area contributed by atoms with Crippen LogP contribution in [0.1, 0.15) is 29.6 Å². The standard InChI is InChI=1S/C14H16FNO3S/c15-11-3-1-2-10(8-11)14(17)16(12-4-5-12)13-6-7-20(18,19)9-13/h1-3,8,12-13H,4-7,9H2. The normalized spacial score (nSPS) is 24.6. The second-order valence-electron chi connectivity index (χ2n) is 5.51. The minimum Gasteiger partial charge on any atom is -0.332 e. The van der Waals surface area contributed by atoms with Gasteiger partial charge < -0.3 is 4.90 Å². The van der Waals surface area contributed by atoms with Gasteiger partial charge in [-0.3, -0.25) is 4.79 Å². The molecule has 0 bridgehead atoms. The monoisotopic (exact) mass is 297 g/mol. The predicted octanol–water partition coefficient (Wildman–Crippen LogP) is 1.62. The summed E-state index contributed by atoms with van der Waals surface area (Å²) in [5.41, 5.74) is 0.293. The van der Waals surface area contributed by atoms with Crippen LogP contribution in [0.4, 0.5) is 4.39 Å². The van der Waals surface area contributed by atoms with Gasteiger partial charge in [0.15, 0.2) is 9.84 Å². The number of carbonyl (C=O) groups excluding carboxylic acids is 1. The Morgan fingerprint density at radius 2 is 1.95 bits per heavy atom. The largest absolute Gasteiger partial charge is 0.332 e. The molecule has 1 aliphatic carbocycles. The van der Waals surface area contributed by atoms with Crippen LogP contribution in [0.15, 0.2) is 24.3 Å². The number of hydrogen-bond acceptors (Lipinski definition) is 3. The van der Waals surface area contributed by atoms with Gasteiger partial charge in [0.2, 0.25) is 0 Å². The summed E-state index contributed by atoms with van der Waals surface area (Å²) in [7, 11) is -3.04. The molecule has 20 heavy (non-hydrogen) atoms. The van der Waals surface area contributed by atoms with Crippen LogP contribution in [0.5, 0.6) is 0 Å². The van der Waals surface area contributed by atoms with Crippen molar-refractivity contribution in [1.29, 1.82) is 0 Å². The van der Waals surface area contributed by atoms with Crippen molar-refractivity contribution in [3.63, 3.8) is 0 Å². The van der Waals surface area contributed by atoms with Crippen LogP contribution in [0.3, 0.4) is 0 Å². The van der Waals surface area contributed by atoms with Crippen LogP contribution in [0, 0.1) is 5.82 Å². The van der Waals surface area contributed by atoms with Gasteiger partial charge in [0, 0.05) is 17.6 Å². The first-order valence-electron chi connectivity index (χ1n) is 6.75. The molecule has 3 rings (SSSR count). The third-order valence-corrected chi connectivity index (χ3v) is 5.60. The molecule has 1 aromatic carbocycles. The fourth-order valence-electron chi connectivity index (χ4n) is 2.75. The molecule has 0 aromatic heterocycles. The first-order valence-corrected chi connectivity index (χ1v) is 8.57. The van der Waals surface area contributed by atoms with Crippen molar-refractivity contribution in [1.82, 2.24) is 4.90 Å². The van der Waals surface area contributed by atoms with Crippen molar-refractivity contribution in [3.8, 4) is 0 Å². The van der Waals surface area contributed by atoms with Crippen molar-refractivity contribution in [2.24, 2.45) is 0 Å². The van der Waals surface area contributed by atoms with Crippen LogP contribution in [-0.2, 0) is 9.84 Å². The lowest BCUT2D eigenvalue weighted by molar-refractivity contribution is 0.0680. The average molecular weight is 297 g/mol. The number of carbonyl (C=O) groups is 1. The highest BCUT2D eigenvalue weighted by atomic mass is 32.2. The molecule has 1 amide bonds. The smallest absolute Gasteiger partial charge is 0.254 e. The number of halogens is 1. The highest BCUT2D eigenvalue weighted by Gasteiger charge is 2.42. The molecule has 1 atom stereocenters. The molecule has 1 aromatic rings. The molecule has 6 heteroatoms. The maximum atomic E-state index is 13.2. The van der Waals surface area contributed by atoms with E-state index in [4.69, 9.17) is 0 Å². The van der Waals surface area contributed by atoms with Gasteiger partial charge in [0.1, 0.15) is 5.82 Å². The van der Waals surface area contributed by atoms with Crippen molar-refractivity contribution >= 4 is 15.7 Å². The average Bonchev–Trinajstić information content (AvgIpc) is 3.14. The molecular weight excluding hydrogens is 281 g/mol. The third kappa shape index (κ3) is 2.70. The van der Waals surface area contributed by atoms with E-state index in [1.54, 1.807) is 11.0 Å². The zero-order chi connectivity index (χ0) is 14.3. The molecule has 2 fully saturated rings. The molecule has 1 saturated carbocycles. The molecule has 108 valence electrons. The van der Waals surface area contributed by atoms with Crippen LogP contribution >= 0.6 is 0 Å². The molecule has 1 heterocycles. The van der Waals surface area contributed by atoms with E-state index in [1.807, 2.05) is 0 Å². The topological polar surface area (TPSA) is 54.5 Å². The van der Waals surface area contributed by atoms with E-state index in [2.05, 4.69) is 0 Å². The fraction of sp³-hybridized carbons (Fsp3) is 0.500. The molecule has 0 N–H and O–H groups in total. The second kappa shape index (κ2) is 4.84. The van der Waals surface area contributed by atoms with E-state index >= 15 is 0 Å². The Bertz CT molecular complexity index is 640. The number of benzene rings is 1. The quantitative estimate of drug-likeness (QED) is 0.852. The zero-order valence-corrected chi connectivity index (χ0v) is 11.8. The Morgan fingerprint density at radius 3 is 2.50 bits per heavy atom. The molecule has 1 saturated heterocycles. The molecule has 1 unspecified atom stereocenters. The first kappa shape index (κ1) is 13.5. The van der Waals surface area contributed by atoms with E-state index in [0.717, 1.165) is 12.8 Å². The highest BCUT2D eigenvalue weighted by molar-refractivity contribution is 7.91. The van der Waals surface area contributed by atoms with Gasteiger partial charge >= 0.3 is 0 Å². The Labute approximate surface area is 117 Å². The van der Waals surface area contributed by atoms with Crippen molar-refractivity contribution in [3.05, 3.63) is 35.6 Å². The molecule has 2 aliphatic rings. The molecule has 1 aliphatic heterocycles. The maximum absolute atomic E-state index is 13.2. The van der Waals surface area contributed by atoms with E-state index in [1.165, 1.54) is 18.2 Å². The van der Waals surface area contributed by atoms with Gasteiger partial charge in [-0.2, -0.15) is 0 Å². The summed E-state index contributed by atoms with van der Waals surface area (Å²) in [5, 5.41) is 0. The lowest BCUT2D eigenvalue weighted by atomic mass is 10.1. The second-order valence-corrected chi connectivity index (χ2v) is 7.74. The third-order valence-electron chi connectivity index (χ3n) is 3.85. The van der Waals surface area contributed by atoms with Crippen molar-refractivity contribution < 1.29 is 17.6 Å². The summed E-state index contributed by atoms with van der Waals surface area (Å²) in [5.74, 6) is -0.540. The van der Waals surface area contributed by atoms with E-state index in [9.17, 15) is 17.6 Å². The van der Waals surface area contributed by atoms with Crippen molar-refractivity contribution in [2.45, 2.75) is 31.3 Å². The van der Waals surface area contributed by atoms with E-state index in [-0.39, 0.29) is 29.5 Å². The van der Waals surface area contributed by atoms with Crippen LogP contribution in [0.25, 0.3) is 0 Å².